The standard InChI is InChI=1S/C13H18ClNO4/c1-9(13(17)15-10(7-16)8-18-2)19-12-6-4-3-5-11(12)14/h3-6,9-10,16H,7-8H2,1-2H3,(H,15,17). The minimum Gasteiger partial charge on any atom is -0.479 e. The molecule has 2 N–H and O–H groups in total. The first-order chi connectivity index (χ1) is 9.08. The van der Waals surface area contributed by atoms with Gasteiger partial charge in [-0.25, -0.2) is 0 Å². The van der Waals surface area contributed by atoms with Crippen LogP contribution in [0.15, 0.2) is 24.3 Å². The van der Waals surface area contributed by atoms with Gasteiger partial charge in [0, 0.05) is 7.11 Å². The Hall–Kier alpha value is -1.30. The van der Waals surface area contributed by atoms with Crippen LogP contribution in [-0.4, -0.2) is 43.5 Å². The summed E-state index contributed by atoms with van der Waals surface area (Å²) in [6, 6.07) is 6.47. The monoisotopic (exact) mass is 287 g/mol. The summed E-state index contributed by atoms with van der Waals surface area (Å²) in [5.41, 5.74) is 0. The molecule has 2 atom stereocenters. The average molecular weight is 288 g/mol. The van der Waals surface area contributed by atoms with Crippen LogP contribution in [0, 0.1) is 0 Å². The minimum absolute atomic E-state index is 0.196. The Bertz CT molecular complexity index is 413. The van der Waals surface area contributed by atoms with Gasteiger partial charge >= 0.3 is 0 Å². The maximum absolute atomic E-state index is 11.9. The highest BCUT2D eigenvalue weighted by Crippen LogP contribution is 2.24. The molecule has 0 saturated carbocycles. The number of rotatable bonds is 7. The van der Waals surface area contributed by atoms with E-state index in [1.165, 1.54) is 7.11 Å². The number of aliphatic hydroxyl groups excluding tert-OH is 1. The lowest BCUT2D eigenvalue weighted by Crippen LogP contribution is -2.46. The Morgan fingerprint density at radius 3 is 2.74 bits per heavy atom. The Labute approximate surface area is 117 Å². The van der Waals surface area contributed by atoms with Crippen LogP contribution in [0.5, 0.6) is 5.75 Å². The predicted molar refractivity (Wildman–Crippen MR) is 72.4 cm³/mol. The van der Waals surface area contributed by atoms with Crippen molar-refractivity contribution >= 4 is 17.5 Å². The van der Waals surface area contributed by atoms with Crippen molar-refractivity contribution in [2.45, 2.75) is 19.1 Å². The number of carbonyl (C=O) groups excluding carboxylic acids is 1. The van der Waals surface area contributed by atoms with Gasteiger partial charge in [0.05, 0.1) is 24.3 Å². The van der Waals surface area contributed by atoms with Crippen LogP contribution in [0.1, 0.15) is 6.92 Å². The number of amides is 1. The maximum atomic E-state index is 11.9. The van der Waals surface area contributed by atoms with Crippen LogP contribution in [-0.2, 0) is 9.53 Å². The number of hydrogen-bond acceptors (Lipinski definition) is 4. The van der Waals surface area contributed by atoms with Crippen molar-refractivity contribution in [2.75, 3.05) is 20.3 Å². The van der Waals surface area contributed by atoms with Gasteiger partial charge in [-0.3, -0.25) is 4.79 Å². The third-order valence-electron chi connectivity index (χ3n) is 2.44. The molecule has 6 heteroatoms. The normalized spacial score (nSPS) is 13.7. The van der Waals surface area contributed by atoms with Crippen molar-refractivity contribution in [3.63, 3.8) is 0 Å². The SMILES string of the molecule is COCC(CO)NC(=O)C(C)Oc1ccccc1Cl. The van der Waals surface area contributed by atoms with E-state index in [1.54, 1.807) is 31.2 Å². The van der Waals surface area contributed by atoms with Gasteiger partial charge in [-0.2, -0.15) is 0 Å². The summed E-state index contributed by atoms with van der Waals surface area (Å²) in [6.07, 6.45) is -0.717. The summed E-state index contributed by atoms with van der Waals surface area (Å²) in [5, 5.41) is 12.1. The predicted octanol–water partition coefficient (Wildman–Crippen LogP) is 1.23. The van der Waals surface area contributed by atoms with E-state index in [0.29, 0.717) is 10.8 Å². The lowest BCUT2D eigenvalue weighted by atomic mass is 10.3. The molecule has 1 amide bonds. The van der Waals surface area contributed by atoms with E-state index in [1.807, 2.05) is 0 Å². The summed E-state index contributed by atoms with van der Waals surface area (Å²) >= 11 is 5.94. The van der Waals surface area contributed by atoms with Gasteiger partial charge in [-0.15, -0.1) is 0 Å². The molecule has 0 aromatic heterocycles. The van der Waals surface area contributed by atoms with Gasteiger partial charge in [0.2, 0.25) is 0 Å². The lowest BCUT2D eigenvalue weighted by molar-refractivity contribution is -0.128. The topological polar surface area (TPSA) is 67.8 Å². The van der Waals surface area contributed by atoms with Crippen LogP contribution >= 0.6 is 11.6 Å². The number of hydrogen-bond donors (Lipinski definition) is 2. The number of aliphatic hydroxyl groups is 1. The number of halogens is 1. The molecule has 0 saturated heterocycles. The zero-order valence-corrected chi connectivity index (χ0v) is 11.7. The van der Waals surface area contributed by atoms with Gasteiger partial charge in [-0.05, 0) is 19.1 Å². The fourth-order valence-electron chi connectivity index (χ4n) is 1.44. The van der Waals surface area contributed by atoms with Crippen LogP contribution in [0.3, 0.4) is 0 Å². The molecular weight excluding hydrogens is 270 g/mol. The van der Waals surface area contributed by atoms with Crippen LogP contribution in [0.4, 0.5) is 0 Å². The van der Waals surface area contributed by atoms with Crippen LogP contribution in [0.25, 0.3) is 0 Å². The molecule has 0 bridgehead atoms. The molecule has 1 aromatic carbocycles. The number of carbonyl (C=O) groups is 1. The molecule has 0 aliphatic heterocycles. The Balaban J connectivity index is 2.55. The first-order valence-corrected chi connectivity index (χ1v) is 6.27. The largest absolute Gasteiger partial charge is 0.479 e. The van der Waals surface area contributed by atoms with Crippen molar-refractivity contribution in [2.24, 2.45) is 0 Å². The first kappa shape index (κ1) is 15.8. The number of methoxy groups -OCH3 is 1. The fourth-order valence-corrected chi connectivity index (χ4v) is 1.62. The average Bonchev–Trinajstić information content (AvgIpc) is 2.40. The highest BCUT2D eigenvalue weighted by atomic mass is 35.5. The molecule has 0 spiro atoms. The van der Waals surface area contributed by atoms with Gasteiger partial charge in [0.1, 0.15) is 5.75 Å². The van der Waals surface area contributed by atoms with E-state index in [2.05, 4.69) is 5.32 Å². The Morgan fingerprint density at radius 1 is 1.47 bits per heavy atom. The molecule has 0 aliphatic carbocycles. The second-order valence-electron chi connectivity index (χ2n) is 4.03. The molecule has 0 heterocycles. The zero-order chi connectivity index (χ0) is 14.3. The zero-order valence-electron chi connectivity index (χ0n) is 10.9. The first-order valence-electron chi connectivity index (χ1n) is 5.89. The van der Waals surface area contributed by atoms with Crippen molar-refractivity contribution in [1.29, 1.82) is 0 Å². The van der Waals surface area contributed by atoms with E-state index in [4.69, 9.17) is 26.2 Å². The van der Waals surface area contributed by atoms with Gasteiger partial charge in [0.25, 0.3) is 5.91 Å². The van der Waals surface area contributed by atoms with Gasteiger partial charge in [-0.1, -0.05) is 23.7 Å². The molecule has 19 heavy (non-hydrogen) atoms. The smallest absolute Gasteiger partial charge is 0.261 e. The summed E-state index contributed by atoms with van der Waals surface area (Å²) < 4.78 is 10.3. The third kappa shape index (κ3) is 5.06. The molecule has 0 aliphatic rings. The maximum Gasteiger partial charge on any atom is 0.261 e. The molecule has 0 radical (unpaired) electrons. The number of nitrogens with one attached hydrogen (secondary N) is 1. The summed E-state index contributed by atoms with van der Waals surface area (Å²) in [5.74, 6) is 0.107. The molecule has 106 valence electrons. The third-order valence-corrected chi connectivity index (χ3v) is 2.76. The fraction of sp³-hybridized carbons (Fsp3) is 0.462. The van der Waals surface area contributed by atoms with Crippen molar-refractivity contribution < 1.29 is 19.4 Å². The molecular formula is C13H18ClNO4. The van der Waals surface area contributed by atoms with E-state index < -0.39 is 12.1 Å². The van der Waals surface area contributed by atoms with E-state index in [9.17, 15) is 4.79 Å². The summed E-state index contributed by atoms with van der Waals surface area (Å²) in [7, 11) is 1.50. The van der Waals surface area contributed by atoms with Crippen molar-refractivity contribution in [1.82, 2.24) is 5.32 Å². The van der Waals surface area contributed by atoms with Crippen molar-refractivity contribution in [3.8, 4) is 5.75 Å². The number of para-hydroxylation sites is 1. The molecule has 1 aromatic rings. The molecule has 2 unspecified atom stereocenters. The number of benzene rings is 1. The highest BCUT2D eigenvalue weighted by Gasteiger charge is 2.19. The quantitative estimate of drug-likeness (QED) is 0.791. The molecule has 5 nitrogen and oxygen atoms in total. The number of ether oxygens (including phenoxy) is 2. The molecule has 1 rings (SSSR count). The summed E-state index contributed by atoms with van der Waals surface area (Å²) in [4.78, 5) is 11.9. The minimum atomic E-state index is -0.717. The van der Waals surface area contributed by atoms with Crippen LogP contribution in [0.2, 0.25) is 5.02 Å². The van der Waals surface area contributed by atoms with E-state index >= 15 is 0 Å². The Morgan fingerprint density at radius 2 is 2.16 bits per heavy atom. The van der Waals surface area contributed by atoms with Gasteiger partial charge in [0.15, 0.2) is 6.10 Å². The second kappa shape index (κ2) is 7.99. The second-order valence-corrected chi connectivity index (χ2v) is 4.44. The summed E-state index contributed by atoms with van der Waals surface area (Å²) in [6.45, 7) is 1.65. The van der Waals surface area contributed by atoms with E-state index in [-0.39, 0.29) is 19.1 Å². The van der Waals surface area contributed by atoms with Gasteiger partial charge < -0.3 is 19.9 Å². The van der Waals surface area contributed by atoms with Crippen LogP contribution < -0.4 is 10.1 Å². The Kier molecular flexibility index (Phi) is 6.62. The highest BCUT2D eigenvalue weighted by molar-refractivity contribution is 6.32. The van der Waals surface area contributed by atoms with Crippen molar-refractivity contribution in [3.05, 3.63) is 29.3 Å². The van der Waals surface area contributed by atoms with E-state index in [0.717, 1.165) is 0 Å². The lowest BCUT2D eigenvalue weighted by Gasteiger charge is -2.19. The molecule has 0 fully saturated rings.